The van der Waals surface area contributed by atoms with E-state index in [1.807, 2.05) is 99.0 Å². The maximum absolute atomic E-state index is 13.7. The third-order valence-corrected chi connectivity index (χ3v) is 7.31. The molecule has 0 saturated carbocycles. The lowest BCUT2D eigenvalue weighted by molar-refractivity contribution is -0.142. The maximum atomic E-state index is 13.7. The highest BCUT2D eigenvalue weighted by molar-refractivity contribution is 7.13. The normalized spacial score (nSPS) is 16.7. The number of carbonyl (C=O) groups is 2. The molecule has 2 amide bonds. The Labute approximate surface area is 250 Å². The molecule has 4 rings (SSSR count). The van der Waals surface area contributed by atoms with Crippen molar-refractivity contribution in [3.8, 4) is 10.4 Å². The van der Waals surface area contributed by atoms with E-state index < -0.39 is 23.5 Å². The largest absolute Gasteiger partial charge is 0.391 e. The number of nitrogens with one attached hydrogen (secondary N) is 1. The summed E-state index contributed by atoms with van der Waals surface area (Å²) in [7, 11) is 0. The van der Waals surface area contributed by atoms with Gasteiger partial charge < -0.3 is 19.8 Å². The zero-order chi connectivity index (χ0) is 31.3. The van der Waals surface area contributed by atoms with Crippen molar-refractivity contribution in [1.82, 2.24) is 20.4 Å². The van der Waals surface area contributed by atoms with Gasteiger partial charge in [-0.1, -0.05) is 91.7 Å². The van der Waals surface area contributed by atoms with Crippen molar-refractivity contribution in [1.29, 1.82) is 0 Å². The summed E-state index contributed by atoms with van der Waals surface area (Å²) in [6, 6.07) is 9.00. The Morgan fingerprint density at radius 2 is 1.71 bits per heavy atom. The minimum absolute atomic E-state index is 0.111. The average Bonchev–Trinajstić information content (AvgIpc) is 3.70. The molecule has 1 aliphatic heterocycles. The molecule has 1 fully saturated rings. The molecule has 3 heterocycles. The van der Waals surface area contributed by atoms with E-state index in [-0.39, 0.29) is 24.8 Å². The molecule has 41 heavy (non-hydrogen) atoms. The zero-order valence-corrected chi connectivity index (χ0v) is 27.6. The van der Waals surface area contributed by atoms with E-state index in [2.05, 4.69) is 15.5 Å². The van der Waals surface area contributed by atoms with E-state index in [1.165, 1.54) is 4.90 Å². The van der Waals surface area contributed by atoms with Gasteiger partial charge in [-0.25, -0.2) is 4.98 Å². The van der Waals surface area contributed by atoms with Crippen LogP contribution < -0.4 is 5.32 Å². The molecule has 3 unspecified atom stereocenters. The second kappa shape index (κ2) is 17.0. The first-order chi connectivity index (χ1) is 19.5. The monoisotopic (exact) mass is 586 g/mol. The quantitative estimate of drug-likeness (QED) is 0.325. The summed E-state index contributed by atoms with van der Waals surface area (Å²) in [5.41, 5.74) is 5.09. The van der Waals surface area contributed by atoms with E-state index >= 15 is 0 Å². The summed E-state index contributed by atoms with van der Waals surface area (Å²) in [6.45, 7) is 22.1. The number of aliphatic hydroxyl groups excluding tert-OH is 1. The van der Waals surface area contributed by atoms with Crippen molar-refractivity contribution in [2.24, 2.45) is 5.41 Å². The van der Waals surface area contributed by atoms with E-state index in [9.17, 15) is 14.7 Å². The third-order valence-electron chi connectivity index (χ3n) is 6.34. The Morgan fingerprint density at radius 1 is 1.10 bits per heavy atom. The van der Waals surface area contributed by atoms with Crippen molar-refractivity contribution in [2.45, 2.75) is 107 Å². The number of benzene rings is 1. The number of β-amino-alcohol motifs (C(OH)–C–C–N with tert-alkyl or cyclic N) is 1. The number of aromatic nitrogens is 2. The molecule has 9 heteroatoms. The number of hydrogen-bond donors (Lipinski definition) is 2. The van der Waals surface area contributed by atoms with Crippen LogP contribution in [0.3, 0.4) is 0 Å². The van der Waals surface area contributed by atoms with Crippen LogP contribution >= 0.6 is 11.3 Å². The summed E-state index contributed by atoms with van der Waals surface area (Å²) in [5.74, 6) is -0.669. The zero-order valence-electron chi connectivity index (χ0n) is 26.7. The highest BCUT2D eigenvalue weighted by Crippen LogP contribution is 2.38. The van der Waals surface area contributed by atoms with Crippen molar-refractivity contribution < 1.29 is 19.2 Å². The van der Waals surface area contributed by atoms with Crippen LogP contribution in [0.5, 0.6) is 0 Å². The van der Waals surface area contributed by atoms with Gasteiger partial charge in [0, 0.05) is 25.6 Å². The van der Waals surface area contributed by atoms with Crippen molar-refractivity contribution in [2.75, 3.05) is 6.54 Å². The fourth-order valence-corrected chi connectivity index (χ4v) is 5.38. The van der Waals surface area contributed by atoms with Gasteiger partial charge in [0.15, 0.2) is 0 Å². The smallest absolute Gasteiger partial charge is 0.243 e. The molecule has 1 aliphatic rings. The molecule has 2 N–H and O–H groups in total. The minimum atomic E-state index is -0.756. The van der Waals surface area contributed by atoms with E-state index in [0.717, 1.165) is 21.7 Å². The number of amides is 2. The van der Waals surface area contributed by atoms with Gasteiger partial charge in [0.05, 0.1) is 27.9 Å². The molecule has 8 nitrogen and oxygen atoms in total. The van der Waals surface area contributed by atoms with Gasteiger partial charge in [-0.3, -0.25) is 9.59 Å². The molecule has 0 spiro atoms. The summed E-state index contributed by atoms with van der Waals surface area (Å²) >= 11 is 1.60. The number of rotatable bonds is 6. The van der Waals surface area contributed by atoms with Crippen LogP contribution in [0.25, 0.3) is 10.4 Å². The van der Waals surface area contributed by atoms with E-state index in [0.29, 0.717) is 18.0 Å². The molecule has 3 aromatic rings. The summed E-state index contributed by atoms with van der Waals surface area (Å²) in [4.78, 5) is 33.7. The lowest BCUT2D eigenvalue weighted by Crippen LogP contribution is -2.49. The second-order valence-electron chi connectivity index (χ2n) is 10.2. The lowest BCUT2D eigenvalue weighted by Gasteiger charge is -2.33. The van der Waals surface area contributed by atoms with Crippen LogP contribution in [-0.2, 0) is 16.1 Å². The fraction of sp³-hybridized carbons (Fsp3) is 0.562. The molecule has 3 atom stereocenters. The van der Waals surface area contributed by atoms with Crippen molar-refractivity contribution >= 4 is 23.2 Å². The Hall–Kier alpha value is -3.04. The summed E-state index contributed by atoms with van der Waals surface area (Å²) in [5, 5.41) is 17.2. The number of nitrogens with zero attached hydrogens (tertiary/aromatic N) is 3. The van der Waals surface area contributed by atoms with Crippen molar-refractivity contribution in [3.63, 3.8) is 0 Å². The number of aliphatic hydroxyl groups is 1. The number of carbonyl (C=O) groups excluding carboxylic acids is 2. The maximum Gasteiger partial charge on any atom is 0.243 e. The molecule has 1 saturated heterocycles. The molecule has 0 aliphatic carbocycles. The van der Waals surface area contributed by atoms with Crippen LogP contribution in [0.4, 0.5) is 0 Å². The standard InChI is InChI=1S/C26H32N4O4S.3C2H6/c1-15-10-21(34-29-15)22(26(3,4)5)25(33)30-13-19(31)11-20(30)24(32)27-12-17-6-8-18(9-7-17)23-16(2)28-14-35-23;3*1-2/h6-10,14,19-20,22,31H,11-13H2,1-5H3,(H,27,32);3*1-2H3. The molecule has 228 valence electrons. The highest BCUT2D eigenvalue weighted by atomic mass is 32.1. The predicted molar refractivity (Wildman–Crippen MR) is 168 cm³/mol. The van der Waals surface area contributed by atoms with Gasteiger partial charge in [0.1, 0.15) is 17.7 Å². The van der Waals surface area contributed by atoms with Gasteiger partial charge in [-0.2, -0.15) is 0 Å². The number of likely N-dealkylation sites (tertiary alicyclic amines) is 1. The average molecular weight is 587 g/mol. The number of hydrogen-bond acceptors (Lipinski definition) is 7. The Balaban J connectivity index is 0.00000131. The first-order valence-corrected chi connectivity index (χ1v) is 15.6. The predicted octanol–water partition coefficient (Wildman–Crippen LogP) is 6.90. The van der Waals surface area contributed by atoms with Gasteiger partial charge in [0.25, 0.3) is 0 Å². The minimum Gasteiger partial charge on any atom is -0.391 e. The molecular formula is C32H50N4O4S. The van der Waals surface area contributed by atoms with Crippen LogP contribution in [0.15, 0.2) is 40.4 Å². The lowest BCUT2D eigenvalue weighted by atomic mass is 9.78. The first kappa shape index (κ1) is 36.0. The third kappa shape index (κ3) is 9.50. The van der Waals surface area contributed by atoms with Crippen LogP contribution in [0.1, 0.15) is 97.4 Å². The SMILES string of the molecule is CC.CC.CC.Cc1cc(C(C(=O)N2CC(O)CC2C(=O)NCc2ccc(-c3scnc3C)cc2)C(C)(C)C)on1. The second-order valence-corrected chi connectivity index (χ2v) is 11.1. The van der Waals surface area contributed by atoms with Gasteiger partial charge in [-0.05, 0) is 30.4 Å². The number of thiazole rings is 1. The van der Waals surface area contributed by atoms with Gasteiger partial charge >= 0.3 is 0 Å². The molecule has 2 aromatic heterocycles. The topological polar surface area (TPSA) is 109 Å². The van der Waals surface area contributed by atoms with E-state index in [4.69, 9.17) is 4.52 Å². The van der Waals surface area contributed by atoms with Crippen LogP contribution in [0, 0.1) is 19.3 Å². The van der Waals surface area contributed by atoms with E-state index in [1.54, 1.807) is 24.3 Å². The first-order valence-electron chi connectivity index (χ1n) is 14.7. The fourth-order valence-electron chi connectivity index (χ4n) is 4.57. The summed E-state index contributed by atoms with van der Waals surface area (Å²) in [6.07, 6.45) is -0.554. The number of aryl methyl sites for hydroxylation is 2. The Kier molecular flexibility index (Phi) is 15.0. The Bertz CT molecular complexity index is 1200. The van der Waals surface area contributed by atoms with Gasteiger partial charge in [0.2, 0.25) is 11.8 Å². The van der Waals surface area contributed by atoms with Crippen molar-refractivity contribution in [3.05, 3.63) is 58.6 Å². The highest BCUT2D eigenvalue weighted by Gasteiger charge is 2.45. The van der Waals surface area contributed by atoms with Crippen LogP contribution in [-0.4, -0.2) is 50.7 Å². The Morgan fingerprint density at radius 3 is 2.20 bits per heavy atom. The summed E-state index contributed by atoms with van der Waals surface area (Å²) < 4.78 is 5.44. The molecule has 1 aromatic carbocycles. The van der Waals surface area contributed by atoms with Gasteiger partial charge in [-0.15, -0.1) is 11.3 Å². The molecule has 0 radical (unpaired) electrons. The van der Waals surface area contributed by atoms with Crippen LogP contribution in [0.2, 0.25) is 0 Å². The molecular weight excluding hydrogens is 536 g/mol. The molecule has 0 bridgehead atoms.